The number of carbonyl (C=O) groups excluding carboxylic acids is 1. The van der Waals surface area contributed by atoms with Crippen LogP contribution in [0, 0.1) is 10.1 Å². The molecule has 0 unspecified atom stereocenters. The van der Waals surface area contributed by atoms with Crippen molar-refractivity contribution in [1.82, 2.24) is 5.32 Å². The van der Waals surface area contributed by atoms with Gasteiger partial charge in [-0.25, -0.2) is 8.42 Å². The maximum absolute atomic E-state index is 12.6. The largest absolute Gasteiger partial charge is 0.496 e. The van der Waals surface area contributed by atoms with Crippen LogP contribution in [0.15, 0.2) is 42.5 Å². The van der Waals surface area contributed by atoms with Gasteiger partial charge in [-0.15, -0.1) is 0 Å². The second-order valence-corrected chi connectivity index (χ2v) is 8.32. The molecule has 2 aromatic carbocycles. The van der Waals surface area contributed by atoms with Crippen LogP contribution in [-0.4, -0.2) is 46.3 Å². The van der Waals surface area contributed by atoms with Gasteiger partial charge >= 0.3 is 0 Å². The Morgan fingerprint density at radius 2 is 1.80 bits per heavy atom. The fourth-order valence-electron chi connectivity index (χ4n) is 2.89. The van der Waals surface area contributed by atoms with Gasteiger partial charge in [0.15, 0.2) is 0 Å². The number of para-hydroxylation sites is 1. The number of hydrogen-bond acceptors (Lipinski definition) is 7. The standard InChI is InChI=1S/C19H23N3O7S/c1-13(15-7-5-6-8-17(15)28-2)20-19(23)12-21(30(4,26)27)16-11-14(22(24)25)9-10-18(16)29-3/h5-11,13H,12H2,1-4H3,(H,20,23)/t13-/m0/s1. The summed E-state index contributed by atoms with van der Waals surface area (Å²) in [6, 6.07) is 10.1. The number of nitrogens with one attached hydrogen (secondary N) is 1. The van der Waals surface area contributed by atoms with E-state index in [0.29, 0.717) is 11.3 Å². The molecule has 30 heavy (non-hydrogen) atoms. The Morgan fingerprint density at radius 1 is 1.17 bits per heavy atom. The first-order chi connectivity index (χ1) is 14.1. The number of rotatable bonds is 9. The maximum atomic E-state index is 12.6. The Bertz CT molecular complexity index is 1040. The molecule has 2 rings (SSSR count). The average molecular weight is 437 g/mol. The molecular weight excluding hydrogens is 414 g/mol. The molecule has 0 saturated carbocycles. The van der Waals surface area contributed by atoms with E-state index in [0.717, 1.165) is 16.6 Å². The number of ether oxygens (including phenoxy) is 2. The van der Waals surface area contributed by atoms with E-state index in [1.807, 2.05) is 0 Å². The summed E-state index contributed by atoms with van der Waals surface area (Å²) in [6.45, 7) is 1.14. The summed E-state index contributed by atoms with van der Waals surface area (Å²) < 4.78 is 35.9. The van der Waals surface area contributed by atoms with Gasteiger partial charge < -0.3 is 14.8 Å². The van der Waals surface area contributed by atoms with Crippen molar-refractivity contribution in [2.45, 2.75) is 13.0 Å². The molecule has 0 aromatic heterocycles. The second kappa shape index (κ2) is 9.44. The van der Waals surface area contributed by atoms with E-state index < -0.39 is 33.4 Å². The van der Waals surface area contributed by atoms with Crippen LogP contribution in [0.4, 0.5) is 11.4 Å². The molecule has 0 saturated heterocycles. The third-order valence-corrected chi connectivity index (χ3v) is 5.44. The van der Waals surface area contributed by atoms with E-state index in [1.165, 1.54) is 26.4 Å². The first-order valence-corrected chi connectivity index (χ1v) is 10.7. The number of amides is 1. The number of sulfonamides is 1. The highest BCUT2D eigenvalue weighted by atomic mass is 32.2. The number of nitrogens with zero attached hydrogens (tertiary/aromatic N) is 2. The lowest BCUT2D eigenvalue weighted by molar-refractivity contribution is -0.384. The van der Waals surface area contributed by atoms with Crippen LogP contribution in [0.25, 0.3) is 0 Å². The van der Waals surface area contributed by atoms with Gasteiger partial charge in [-0.1, -0.05) is 18.2 Å². The zero-order valence-electron chi connectivity index (χ0n) is 17.0. The minimum atomic E-state index is -3.96. The minimum absolute atomic E-state index is 0.0802. The fourth-order valence-corrected chi connectivity index (χ4v) is 3.74. The summed E-state index contributed by atoms with van der Waals surface area (Å²) in [7, 11) is -1.15. The molecule has 0 aliphatic carbocycles. The number of nitro benzene ring substituents is 1. The van der Waals surface area contributed by atoms with Crippen molar-refractivity contribution >= 4 is 27.3 Å². The van der Waals surface area contributed by atoms with Gasteiger partial charge in [0.05, 0.1) is 31.4 Å². The van der Waals surface area contributed by atoms with Crippen molar-refractivity contribution in [3.05, 3.63) is 58.1 Å². The maximum Gasteiger partial charge on any atom is 0.271 e. The minimum Gasteiger partial charge on any atom is -0.496 e. The van der Waals surface area contributed by atoms with Crippen molar-refractivity contribution < 1.29 is 27.6 Å². The lowest BCUT2D eigenvalue weighted by Gasteiger charge is -2.25. The van der Waals surface area contributed by atoms with Crippen LogP contribution in [0.3, 0.4) is 0 Å². The molecule has 2 aromatic rings. The van der Waals surface area contributed by atoms with Crippen molar-refractivity contribution in [3.8, 4) is 11.5 Å². The Balaban J connectivity index is 2.33. The summed E-state index contributed by atoms with van der Waals surface area (Å²) in [5, 5.41) is 13.8. The summed E-state index contributed by atoms with van der Waals surface area (Å²) in [6.07, 6.45) is 0.905. The number of carbonyl (C=O) groups is 1. The molecule has 11 heteroatoms. The van der Waals surface area contributed by atoms with Crippen molar-refractivity contribution in [3.63, 3.8) is 0 Å². The number of anilines is 1. The van der Waals surface area contributed by atoms with Gasteiger partial charge in [-0.3, -0.25) is 19.2 Å². The van der Waals surface area contributed by atoms with E-state index in [2.05, 4.69) is 5.32 Å². The number of hydrogen-bond donors (Lipinski definition) is 1. The third kappa shape index (κ3) is 5.38. The fraction of sp³-hybridized carbons (Fsp3) is 0.316. The predicted molar refractivity (Wildman–Crippen MR) is 111 cm³/mol. The molecule has 0 radical (unpaired) electrons. The molecule has 0 spiro atoms. The van der Waals surface area contributed by atoms with E-state index in [9.17, 15) is 23.3 Å². The molecule has 10 nitrogen and oxygen atoms in total. The van der Waals surface area contributed by atoms with Gasteiger partial charge in [-0.05, 0) is 19.1 Å². The van der Waals surface area contributed by atoms with E-state index >= 15 is 0 Å². The molecule has 0 bridgehead atoms. The Hall–Kier alpha value is -3.34. The molecule has 1 amide bonds. The molecule has 1 N–H and O–H groups in total. The van der Waals surface area contributed by atoms with Crippen LogP contribution < -0.4 is 19.1 Å². The van der Waals surface area contributed by atoms with Crippen LogP contribution >= 0.6 is 0 Å². The van der Waals surface area contributed by atoms with Crippen molar-refractivity contribution in [2.24, 2.45) is 0 Å². The molecule has 1 atom stereocenters. The summed E-state index contributed by atoms with van der Waals surface area (Å²) in [5.41, 5.74) is 0.281. The van der Waals surface area contributed by atoms with Crippen LogP contribution in [-0.2, 0) is 14.8 Å². The van der Waals surface area contributed by atoms with E-state index in [1.54, 1.807) is 31.2 Å². The highest BCUT2D eigenvalue weighted by Crippen LogP contribution is 2.33. The van der Waals surface area contributed by atoms with Gasteiger partial charge in [0, 0.05) is 17.7 Å². The monoisotopic (exact) mass is 437 g/mol. The molecule has 0 aliphatic rings. The quantitative estimate of drug-likeness (QED) is 0.471. The smallest absolute Gasteiger partial charge is 0.271 e. The number of methoxy groups -OCH3 is 2. The first kappa shape index (κ1) is 22.9. The normalized spacial score (nSPS) is 12.0. The SMILES string of the molecule is COc1ccccc1[C@H](C)NC(=O)CN(c1cc([N+](=O)[O-])ccc1OC)S(C)(=O)=O. The highest BCUT2D eigenvalue weighted by Gasteiger charge is 2.27. The molecule has 0 aliphatic heterocycles. The predicted octanol–water partition coefficient (Wildman–Crippen LogP) is 2.26. The Morgan fingerprint density at radius 3 is 2.37 bits per heavy atom. The van der Waals surface area contributed by atoms with Crippen LogP contribution in [0.5, 0.6) is 11.5 Å². The zero-order chi connectivity index (χ0) is 22.5. The molecule has 0 fully saturated rings. The second-order valence-electron chi connectivity index (χ2n) is 6.41. The Labute approximate surface area is 174 Å². The molecule has 162 valence electrons. The average Bonchev–Trinajstić information content (AvgIpc) is 2.70. The highest BCUT2D eigenvalue weighted by molar-refractivity contribution is 7.92. The third-order valence-electron chi connectivity index (χ3n) is 4.31. The lowest BCUT2D eigenvalue weighted by Crippen LogP contribution is -2.41. The number of non-ortho nitro benzene ring substituents is 1. The molecule has 0 heterocycles. The van der Waals surface area contributed by atoms with Gasteiger partial charge in [0.1, 0.15) is 23.7 Å². The van der Waals surface area contributed by atoms with Crippen molar-refractivity contribution in [1.29, 1.82) is 0 Å². The zero-order valence-corrected chi connectivity index (χ0v) is 17.8. The van der Waals surface area contributed by atoms with E-state index in [4.69, 9.17) is 9.47 Å². The van der Waals surface area contributed by atoms with Crippen LogP contribution in [0.1, 0.15) is 18.5 Å². The van der Waals surface area contributed by atoms with Gasteiger partial charge in [0.25, 0.3) is 5.69 Å². The number of nitro groups is 1. The molecular formula is C19H23N3O7S. The van der Waals surface area contributed by atoms with Crippen LogP contribution in [0.2, 0.25) is 0 Å². The summed E-state index contributed by atoms with van der Waals surface area (Å²) >= 11 is 0. The first-order valence-electron chi connectivity index (χ1n) is 8.81. The van der Waals surface area contributed by atoms with E-state index in [-0.39, 0.29) is 17.1 Å². The lowest BCUT2D eigenvalue weighted by atomic mass is 10.1. The topological polar surface area (TPSA) is 128 Å². The Kier molecular flexibility index (Phi) is 7.22. The number of benzene rings is 2. The van der Waals surface area contributed by atoms with Gasteiger partial charge in [0.2, 0.25) is 15.9 Å². The van der Waals surface area contributed by atoms with Crippen molar-refractivity contribution in [2.75, 3.05) is 31.3 Å². The summed E-state index contributed by atoms with van der Waals surface area (Å²) in [5.74, 6) is 0.0506. The summed E-state index contributed by atoms with van der Waals surface area (Å²) in [4.78, 5) is 23.1. The van der Waals surface area contributed by atoms with Gasteiger partial charge in [-0.2, -0.15) is 0 Å².